The van der Waals surface area contributed by atoms with Crippen LogP contribution in [0, 0.1) is 13.8 Å². The van der Waals surface area contributed by atoms with Crippen molar-refractivity contribution in [2.24, 2.45) is 4.99 Å². The van der Waals surface area contributed by atoms with Gasteiger partial charge in [0.1, 0.15) is 12.4 Å². The summed E-state index contributed by atoms with van der Waals surface area (Å²) in [5.41, 5.74) is 2.35. The van der Waals surface area contributed by atoms with E-state index in [9.17, 15) is 0 Å². The van der Waals surface area contributed by atoms with Crippen LogP contribution in [0.4, 0.5) is 0 Å². The van der Waals surface area contributed by atoms with Gasteiger partial charge in [0, 0.05) is 32.7 Å². The maximum Gasteiger partial charge on any atom is 0.191 e. The molecule has 0 unspecified atom stereocenters. The molecule has 0 saturated carbocycles. The highest BCUT2D eigenvalue weighted by atomic mass is 127. The largest absolute Gasteiger partial charge is 0.491 e. The molecule has 0 spiro atoms. The van der Waals surface area contributed by atoms with Gasteiger partial charge in [0.15, 0.2) is 5.96 Å². The van der Waals surface area contributed by atoms with E-state index >= 15 is 0 Å². The SMILES string of the molecule is CCNC(=NCCCN1CCOCC1)NCCOc1c(C)cccc1C.I. The van der Waals surface area contributed by atoms with E-state index in [0.717, 1.165) is 70.6 Å². The normalized spacial score (nSPS) is 15.1. The van der Waals surface area contributed by atoms with Crippen molar-refractivity contribution in [1.82, 2.24) is 15.5 Å². The smallest absolute Gasteiger partial charge is 0.191 e. The van der Waals surface area contributed by atoms with Gasteiger partial charge in [-0.3, -0.25) is 9.89 Å². The van der Waals surface area contributed by atoms with Crippen molar-refractivity contribution < 1.29 is 9.47 Å². The average Bonchev–Trinajstić information content (AvgIpc) is 2.65. The average molecular weight is 490 g/mol. The lowest BCUT2D eigenvalue weighted by atomic mass is 10.1. The molecule has 0 amide bonds. The zero-order chi connectivity index (χ0) is 18.6. The molecule has 6 nitrogen and oxygen atoms in total. The van der Waals surface area contributed by atoms with Crippen LogP contribution in [-0.4, -0.2) is 69.9 Å². The number of hydrogen-bond donors (Lipinski definition) is 2. The van der Waals surface area contributed by atoms with Crippen LogP contribution in [0.3, 0.4) is 0 Å². The number of aliphatic imine (C=N–C) groups is 1. The Bertz CT molecular complexity index is 543. The number of halogens is 1. The van der Waals surface area contributed by atoms with Crippen LogP contribution in [0.15, 0.2) is 23.2 Å². The molecule has 0 atom stereocenters. The number of benzene rings is 1. The predicted molar refractivity (Wildman–Crippen MR) is 123 cm³/mol. The maximum atomic E-state index is 5.94. The fraction of sp³-hybridized carbons (Fsp3) is 0.650. The Morgan fingerprint density at radius 1 is 1.19 bits per heavy atom. The first-order valence-electron chi connectivity index (χ1n) is 9.72. The number of hydrogen-bond acceptors (Lipinski definition) is 4. The topological polar surface area (TPSA) is 58.1 Å². The van der Waals surface area contributed by atoms with Crippen LogP contribution in [0.5, 0.6) is 5.75 Å². The van der Waals surface area contributed by atoms with Crippen molar-refractivity contribution in [3.63, 3.8) is 0 Å². The summed E-state index contributed by atoms with van der Waals surface area (Å²) in [6, 6.07) is 6.22. The van der Waals surface area contributed by atoms with Gasteiger partial charge < -0.3 is 20.1 Å². The standard InChI is InChI=1S/C20H34N4O2.HI/c1-4-21-20(22-9-6-11-24-12-15-25-16-13-24)23-10-14-26-19-17(2)7-5-8-18(19)3;/h5,7-8H,4,6,9-16H2,1-3H3,(H2,21,22,23);1H. The summed E-state index contributed by atoms with van der Waals surface area (Å²) in [5.74, 6) is 1.85. The Kier molecular flexibility index (Phi) is 12.4. The molecule has 1 aromatic rings. The van der Waals surface area contributed by atoms with E-state index in [0.29, 0.717) is 6.61 Å². The minimum Gasteiger partial charge on any atom is -0.491 e. The highest BCUT2D eigenvalue weighted by Crippen LogP contribution is 2.21. The second-order valence-corrected chi connectivity index (χ2v) is 6.56. The molecule has 0 aliphatic carbocycles. The number of para-hydroxylation sites is 1. The van der Waals surface area contributed by atoms with Gasteiger partial charge in [-0.05, 0) is 38.3 Å². The molecule has 1 heterocycles. The first-order chi connectivity index (χ1) is 12.7. The van der Waals surface area contributed by atoms with E-state index in [1.54, 1.807) is 0 Å². The first kappa shape index (κ1) is 24.0. The molecule has 0 bridgehead atoms. The summed E-state index contributed by atoms with van der Waals surface area (Å²) < 4.78 is 11.3. The van der Waals surface area contributed by atoms with E-state index < -0.39 is 0 Å². The lowest BCUT2D eigenvalue weighted by Crippen LogP contribution is -2.40. The molecule has 2 N–H and O–H groups in total. The molecule has 1 aliphatic rings. The molecule has 27 heavy (non-hydrogen) atoms. The Morgan fingerprint density at radius 3 is 2.56 bits per heavy atom. The Morgan fingerprint density at radius 2 is 1.89 bits per heavy atom. The highest BCUT2D eigenvalue weighted by molar-refractivity contribution is 14.0. The summed E-state index contributed by atoms with van der Waals surface area (Å²) in [4.78, 5) is 7.10. The molecular weight excluding hydrogens is 455 g/mol. The Labute approximate surface area is 181 Å². The van der Waals surface area contributed by atoms with E-state index in [1.165, 1.54) is 11.1 Å². The molecule has 1 saturated heterocycles. The molecule has 1 aliphatic heterocycles. The van der Waals surface area contributed by atoms with Crippen LogP contribution >= 0.6 is 24.0 Å². The van der Waals surface area contributed by atoms with Crippen LogP contribution in [-0.2, 0) is 4.74 Å². The third kappa shape index (κ3) is 9.12. The van der Waals surface area contributed by atoms with E-state index in [1.807, 2.05) is 0 Å². The fourth-order valence-electron chi connectivity index (χ4n) is 3.00. The van der Waals surface area contributed by atoms with Gasteiger partial charge in [0.05, 0.1) is 19.8 Å². The number of morpholine rings is 1. The second-order valence-electron chi connectivity index (χ2n) is 6.56. The maximum absolute atomic E-state index is 5.94. The van der Waals surface area contributed by atoms with Gasteiger partial charge in [-0.15, -0.1) is 24.0 Å². The molecule has 0 aromatic heterocycles. The number of nitrogens with one attached hydrogen (secondary N) is 2. The molecule has 0 radical (unpaired) electrons. The van der Waals surface area contributed by atoms with Gasteiger partial charge in [0.2, 0.25) is 0 Å². The van der Waals surface area contributed by atoms with Gasteiger partial charge in [-0.25, -0.2) is 0 Å². The lowest BCUT2D eigenvalue weighted by molar-refractivity contribution is 0.0377. The molecule has 154 valence electrons. The molecular formula is C20H35IN4O2. The van der Waals surface area contributed by atoms with Crippen LogP contribution in [0.2, 0.25) is 0 Å². The monoisotopic (exact) mass is 490 g/mol. The minimum atomic E-state index is 0. The predicted octanol–water partition coefficient (Wildman–Crippen LogP) is 2.58. The Hall–Kier alpha value is -1.06. The van der Waals surface area contributed by atoms with E-state index in [-0.39, 0.29) is 24.0 Å². The lowest BCUT2D eigenvalue weighted by Gasteiger charge is -2.26. The van der Waals surface area contributed by atoms with Crippen molar-refractivity contribution in [2.75, 3.05) is 59.1 Å². The van der Waals surface area contributed by atoms with Crippen molar-refractivity contribution in [1.29, 1.82) is 0 Å². The molecule has 1 aromatic carbocycles. The summed E-state index contributed by atoms with van der Waals surface area (Å²) in [5, 5.41) is 6.64. The van der Waals surface area contributed by atoms with Gasteiger partial charge in [0.25, 0.3) is 0 Å². The van der Waals surface area contributed by atoms with Gasteiger partial charge in [-0.1, -0.05) is 18.2 Å². The van der Waals surface area contributed by atoms with Crippen molar-refractivity contribution in [3.05, 3.63) is 29.3 Å². The van der Waals surface area contributed by atoms with Gasteiger partial charge in [-0.2, -0.15) is 0 Å². The van der Waals surface area contributed by atoms with E-state index in [2.05, 4.69) is 59.5 Å². The summed E-state index contributed by atoms with van der Waals surface area (Å²) in [6.45, 7) is 14.1. The van der Waals surface area contributed by atoms with Gasteiger partial charge >= 0.3 is 0 Å². The third-order valence-electron chi connectivity index (χ3n) is 4.40. The van der Waals surface area contributed by atoms with Crippen LogP contribution in [0.1, 0.15) is 24.5 Å². The molecule has 7 heteroatoms. The summed E-state index contributed by atoms with van der Waals surface area (Å²) in [7, 11) is 0. The fourth-order valence-corrected chi connectivity index (χ4v) is 3.00. The number of guanidine groups is 1. The number of nitrogens with zero attached hydrogens (tertiary/aromatic N) is 2. The van der Waals surface area contributed by atoms with Crippen molar-refractivity contribution in [3.8, 4) is 5.75 Å². The van der Waals surface area contributed by atoms with Crippen LogP contribution < -0.4 is 15.4 Å². The van der Waals surface area contributed by atoms with Crippen molar-refractivity contribution in [2.45, 2.75) is 27.2 Å². The van der Waals surface area contributed by atoms with Crippen molar-refractivity contribution >= 4 is 29.9 Å². The number of ether oxygens (including phenoxy) is 2. The quantitative estimate of drug-likeness (QED) is 0.241. The zero-order valence-electron chi connectivity index (χ0n) is 16.9. The first-order valence-corrected chi connectivity index (χ1v) is 9.72. The molecule has 1 fully saturated rings. The summed E-state index contributed by atoms with van der Waals surface area (Å²) in [6.07, 6.45) is 1.06. The highest BCUT2D eigenvalue weighted by Gasteiger charge is 2.09. The van der Waals surface area contributed by atoms with E-state index in [4.69, 9.17) is 9.47 Å². The number of rotatable bonds is 9. The summed E-state index contributed by atoms with van der Waals surface area (Å²) >= 11 is 0. The zero-order valence-corrected chi connectivity index (χ0v) is 19.3. The minimum absolute atomic E-state index is 0. The van der Waals surface area contributed by atoms with Crippen LogP contribution in [0.25, 0.3) is 0 Å². The molecule has 2 rings (SSSR count). The third-order valence-corrected chi connectivity index (χ3v) is 4.40. The Balaban J connectivity index is 0.00000364. The number of aryl methyl sites for hydroxylation is 2. The second kappa shape index (κ2) is 14.0.